The number of anilines is 1. The number of rotatable bonds is 5. The molecule has 0 saturated carbocycles. The summed E-state index contributed by atoms with van der Waals surface area (Å²) in [5, 5.41) is 9.37. The maximum Gasteiger partial charge on any atom is 0.263 e. The van der Waals surface area contributed by atoms with E-state index >= 15 is 0 Å². The standard InChI is InChI=1S/C13H14BrN3O2/c1-2-9-7-15-17-13(9)16-12(18)8-19-11-5-3-10(14)4-6-11/h3-7H,2,8H2,1H3,(H2,15,16,17,18). The number of halogens is 1. The lowest BCUT2D eigenvalue weighted by molar-refractivity contribution is -0.118. The molecule has 2 rings (SSSR count). The molecule has 0 bridgehead atoms. The van der Waals surface area contributed by atoms with Gasteiger partial charge in [-0.05, 0) is 30.7 Å². The van der Waals surface area contributed by atoms with E-state index in [1.165, 1.54) is 0 Å². The van der Waals surface area contributed by atoms with E-state index in [0.29, 0.717) is 11.6 Å². The molecular weight excluding hydrogens is 310 g/mol. The second-order valence-electron chi connectivity index (χ2n) is 3.91. The number of aromatic nitrogens is 2. The average molecular weight is 324 g/mol. The molecule has 0 aliphatic carbocycles. The van der Waals surface area contributed by atoms with Crippen molar-refractivity contribution in [1.82, 2.24) is 10.2 Å². The minimum Gasteiger partial charge on any atom is -0.484 e. The highest BCUT2D eigenvalue weighted by molar-refractivity contribution is 9.10. The first kappa shape index (κ1) is 13.6. The van der Waals surface area contributed by atoms with Crippen LogP contribution < -0.4 is 10.1 Å². The lowest BCUT2D eigenvalue weighted by Gasteiger charge is -2.07. The molecule has 1 aromatic carbocycles. The Morgan fingerprint density at radius 2 is 2.16 bits per heavy atom. The van der Waals surface area contributed by atoms with E-state index in [1.807, 2.05) is 19.1 Å². The molecule has 100 valence electrons. The minimum absolute atomic E-state index is 0.0379. The van der Waals surface area contributed by atoms with Crippen LogP contribution in [0.4, 0.5) is 5.82 Å². The van der Waals surface area contributed by atoms with Gasteiger partial charge in [0.05, 0.1) is 6.20 Å². The quantitative estimate of drug-likeness (QED) is 0.889. The molecule has 0 aliphatic heterocycles. The molecule has 2 aromatic rings. The van der Waals surface area contributed by atoms with Crippen molar-refractivity contribution in [2.75, 3.05) is 11.9 Å². The maximum atomic E-state index is 11.7. The number of aromatic amines is 1. The van der Waals surface area contributed by atoms with Crippen LogP contribution in [0, 0.1) is 0 Å². The molecule has 1 aromatic heterocycles. The van der Waals surface area contributed by atoms with E-state index in [4.69, 9.17) is 4.74 Å². The van der Waals surface area contributed by atoms with Crippen LogP contribution in [0.25, 0.3) is 0 Å². The van der Waals surface area contributed by atoms with Gasteiger partial charge in [0.2, 0.25) is 0 Å². The third-order valence-corrected chi connectivity index (χ3v) is 3.08. The van der Waals surface area contributed by atoms with Crippen molar-refractivity contribution in [3.05, 3.63) is 40.5 Å². The average Bonchev–Trinajstić information content (AvgIpc) is 2.85. The molecule has 19 heavy (non-hydrogen) atoms. The maximum absolute atomic E-state index is 11.7. The number of nitrogens with zero attached hydrogens (tertiary/aromatic N) is 1. The topological polar surface area (TPSA) is 67.0 Å². The number of H-pyrrole nitrogens is 1. The second kappa shape index (κ2) is 6.38. The molecule has 0 radical (unpaired) electrons. The number of aryl methyl sites for hydroxylation is 1. The lowest BCUT2D eigenvalue weighted by Crippen LogP contribution is -2.21. The first-order chi connectivity index (χ1) is 9.19. The molecule has 0 fully saturated rings. The van der Waals surface area contributed by atoms with Gasteiger partial charge in [-0.25, -0.2) is 0 Å². The van der Waals surface area contributed by atoms with Crippen LogP contribution in [0.2, 0.25) is 0 Å². The molecule has 0 unspecified atom stereocenters. The summed E-state index contributed by atoms with van der Waals surface area (Å²) >= 11 is 3.34. The molecule has 1 amide bonds. The Bertz CT molecular complexity index is 551. The van der Waals surface area contributed by atoms with E-state index in [-0.39, 0.29) is 12.5 Å². The Hall–Kier alpha value is -1.82. The van der Waals surface area contributed by atoms with Crippen molar-refractivity contribution in [3.63, 3.8) is 0 Å². The van der Waals surface area contributed by atoms with E-state index in [1.54, 1.807) is 18.3 Å². The van der Waals surface area contributed by atoms with Gasteiger partial charge in [-0.3, -0.25) is 9.89 Å². The van der Waals surface area contributed by atoms with Gasteiger partial charge < -0.3 is 10.1 Å². The van der Waals surface area contributed by atoms with Gasteiger partial charge >= 0.3 is 0 Å². The van der Waals surface area contributed by atoms with E-state index < -0.39 is 0 Å². The van der Waals surface area contributed by atoms with Crippen LogP contribution in [0.5, 0.6) is 5.75 Å². The fourth-order valence-electron chi connectivity index (χ4n) is 1.54. The van der Waals surface area contributed by atoms with Crippen LogP contribution in [-0.4, -0.2) is 22.7 Å². The summed E-state index contributed by atoms with van der Waals surface area (Å²) in [5.74, 6) is 1.06. The molecule has 2 N–H and O–H groups in total. The Balaban J connectivity index is 1.86. The van der Waals surface area contributed by atoms with Crippen molar-refractivity contribution in [2.45, 2.75) is 13.3 Å². The Morgan fingerprint density at radius 1 is 1.42 bits per heavy atom. The summed E-state index contributed by atoms with van der Waals surface area (Å²) in [6, 6.07) is 7.31. The molecule has 0 spiro atoms. The summed E-state index contributed by atoms with van der Waals surface area (Å²) in [6.07, 6.45) is 2.50. The fourth-order valence-corrected chi connectivity index (χ4v) is 1.81. The van der Waals surface area contributed by atoms with Crippen molar-refractivity contribution in [1.29, 1.82) is 0 Å². The molecular formula is C13H14BrN3O2. The van der Waals surface area contributed by atoms with Crippen LogP contribution in [0.1, 0.15) is 12.5 Å². The number of benzene rings is 1. The second-order valence-corrected chi connectivity index (χ2v) is 4.83. The number of amides is 1. The highest BCUT2D eigenvalue weighted by atomic mass is 79.9. The van der Waals surface area contributed by atoms with Crippen molar-refractivity contribution in [3.8, 4) is 5.75 Å². The smallest absolute Gasteiger partial charge is 0.263 e. The Labute approximate surface area is 119 Å². The number of nitrogens with one attached hydrogen (secondary N) is 2. The number of hydrogen-bond acceptors (Lipinski definition) is 3. The number of hydrogen-bond donors (Lipinski definition) is 2. The zero-order chi connectivity index (χ0) is 13.7. The van der Waals surface area contributed by atoms with Crippen molar-refractivity contribution in [2.24, 2.45) is 0 Å². The summed E-state index contributed by atoms with van der Waals surface area (Å²) in [6.45, 7) is 1.96. The Morgan fingerprint density at radius 3 is 2.84 bits per heavy atom. The number of carbonyl (C=O) groups excluding carboxylic acids is 1. The number of ether oxygens (including phenoxy) is 1. The van der Waals surface area contributed by atoms with Crippen LogP contribution in [-0.2, 0) is 11.2 Å². The van der Waals surface area contributed by atoms with Crippen LogP contribution in [0.15, 0.2) is 34.9 Å². The normalized spacial score (nSPS) is 10.2. The zero-order valence-corrected chi connectivity index (χ0v) is 12.0. The van der Waals surface area contributed by atoms with Gasteiger partial charge in [0.15, 0.2) is 6.61 Å². The summed E-state index contributed by atoms with van der Waals surface area (Å²) in [4.78, 5) is 11.7. The highest BCUT2D eigenvalue weighted by Gasteiger charge is 2.08. The van der Waals surface area contributed by atoms with Gasteiger partial charge in [-0.2, -0.15) is 5.10 Å². The fraction of sp³-hybridized carbons (Fsp3) is 0.231. The number of carbonyl (C=O) groups is 1. The lowest BCUT2D eigenvalue weighted by atomic mass is 10.2. The summed E-state index contributed by atoms with van der Waals surface area (Å²) < 4.78 is 6.34. The zero-order valence-electron chi connectivity index (χ0n) is 10.4. The van der Waals surface area contributed by atoms with Gasteiger partial charge in [0, 0.05) is 10.0 Å². The molecule has 0 aliphatic rings. The molecule has 0 atom stereocenters. The predicted octanol–water partition coefficient (Wildman–Crippen LogP) is 2.75. The summed E-state index contributed by atoms with van der Waals surface area (Å²) in [7, 11) is 0. The van der Waals surface area contributed by atoms with Crippen molar-refractivity contribution >= 4 is 27.7 Å². The van der Waals surface area contributed by atoms with Gasteiger partial charge in [-0.15, -0.1) is 0 Å². The largest absolute Gasteiger partial charge is 0.484 e. The molecule has 5 nitrogen and oxygen atoms in total. The molecule has 0 saturated heterocycles. The molecule has 6 heteroatoms. The van der Waals surface area contributed by atoms with Crippen LogP contribution in [0.3, 0.4) is 0 Å². The summed E-state index contributed by atoms with van der Waals surface area (Å²) in [5.41, 5.74) is 0.969. The third-order valence-electron chi connectivity index (χ3n) is 2.55. The first-order valence-electron chi connectivity index (χ1n) is 5.89. The molecule has 1 heterocycles. The highest BCUT2D eigenvalue weighted by Crippen LogP contribution is 2.16. The van der Waals surface area contributed by atoms with E-state index in [0.717, 1.165) is 16.5 Å². The third kappa shape index (κ3) is 3.82. The SMILES string of the molecule is CCc1cn[nH]c1NC(=O)COc1ccc(Br)cc1. The van der Waals surface area contributed by atoms with Gasteiger partial charge in [-0.1, -0.05) is 22.9 Å². The monoisotopic (exact) mass is 323 g/mol. The van der Waals surface area contributed by atoms with Crippen LogP contribution >= 0.6 is 15.9 Å². The Kier molecular flexibility index (Phi) is 4.57. The minimum atomic E-state index is -0.220. The van der Waals surface area contributed by atoms with Gasteiger partial charge in [0.1, 0.15) is 11.6 Å². The van der Waals surface area contributed by atoms with E-state index in [2.05, 4.69) is 31.4 Å². The predicted molar refractivity (Wildman–Crippen MR) is 76.2 cm³/mol. The van der Waals surface area contributed by atoms with E-state index in [9.17, 15) is 4.79 Å². The first-order valence-corrected chi connectivity index (χ1v) is 6.68. The van der Waals surface area contributed by atoms with Gasteiger partial charge in [0.25, 0.3) is 5.91 Å². The van der Waals surface area contributed by atoms with Crippen molar-refractivity contribution < 1.29 is 9.53 Å².